The SMILES string of the molecule is Cn1c(=O)n(C2CCC(O)NC2=O)c2ccc(C#CC3CNC3)cc21. The molecule has 2 aromatic rings. The van der Waals surface area contributed by atoms with Crippen LogP contribution < -0.4 is 16.3 Å². The second-order valence-electron chi connectivity index (χ2n) is 6.66. The number of carbonyl (C=O) groups excluding carboxylic acids is 1. The molecule has 2 saturated heterocycles. The summed E-state index contributed by atoms with van der Waals surface area (Å²) in [4.78, 5) is 24.9. The van der Waals surface area contributed by atoms with Crippen LogP contribution in [0.2, 0.25) is 0 Å². The van der Waals surface area contributed by atoms with E-state index in [1.165, 1.54) is 4.57 Å². The van der Waals surface area contributed by atoms with Crippen LogP contribution in [-0.2, 0) is 11.8 Å². The van der Waals surface area contributed by atoms with Gasteiger partial charge in [0.2, 0.25) is 5.91 Å². The number of rotatable bonds is 1. The van der Waals surface area contributed by atoms with Gasteiger partial charge in [-0.05, 0) is 31.0 Å². The molecule has 3 N–H and O–H groups in total. The number of aromatic nitrogens is 2. The molecular formula is C18H20N4O3. The number of hydrogen-bond acceptors (Lipinski definition) is 4. The Morgan fingerprint density at radius 3 is 2.68 bits per heavy atom. The molecule has 2 unspecified atom stereocenters. The van der Waals surface area contributed by atoms with Gasteiger partial charge in [0, 0.05) is 31.6 Å². The molecule has 4 rings (SSSR count). The predicted octanol–water partition coefficient (Wildman–Crippen LogP) is -0.320. The molecular weight excluding hydrogens is 320 g/mol. The van der Waals surface area contributed by atoms with Gasteiger partial charge in [-0.3, -0.25) is 13.9 Å². The molecule has 7 nitrogen and oxygen atoms in total. The average molecular weight is 340 g/mol. The highest BCUT2D eigenvalue weighted by atomic mass is 16.3. The van der Waals surface area contributed by atoms with E-state index in [9.17, 15) is 14.7 Å². The zero-order valence-electron chi connectivity index (χ0n) is 14.0. The second kappa shape index (κ2) is 6.06. The van der Waals surface area contributed by atoms with Crippen molar-refractivity contribution in [3.8, 4) is 11.8 Å². The average Bonchev–Trinajstić information content (AvgIpc) is 2.78. The maximum absolute atomic E-state index is 12.7. The fourth-order valence-electron chi connectivity index (χ4n) is 3.34. The van der Waals surface area contributed by atoms with Crippen LogP contribution in [0.3, 0.4) is 0 Å². The maximum atomic E-state index is 12.7. The minimum Gasteiger partial charge on any atom is -0.374 e. The summed E-state index contributed by atoms with van der Waals surface area (Å²) in [5.41, 5.74) is 2.08. The molecule has 1 aromatic carbocycles. The molecule has 2 aliphatic rings. The van der Waals surface area contributed by atoms with E-state index in [1.807, 2.05) is 18.2 Å². The molecule has 2 fully saturated rings. The molecule has 130 valence electrons. The molecule has 25 heavy (non-hydrogen) atoms. The van der Waals surface area contributed by atoms with E-state index in [2.05, 4.69) is 22.5 Å². The normalized spacial score (nSPS) is 23.7. The quantitative estimate of drug-likeness (QED) is 0.621. The number of fused-ring (bicyclic) bond motifs is 1. The van der Waals surface area contributed by atoms with Crippen LogP contribution in [0.15, 0.2) is 23.0 Å². The first-order valence-electron chi connectivity index (χ1n) is 8.46. The van der Waals surface area contributed by atoms with Gasteiger partial charge >= 0.3 is 5.69 Å². The van der Waals surface area contributed by atoms with Crippen molar-refractivity contribution in [2.24, 2.45) is 13.0 Å². The first-order valence-corrected chi connectivity index (χ1v) is 8.46. The summed E-state index contributed by atoms with van der Waals surface area (Å²) in [5.74, 6) is 6.45. The smallest absolute Gasteiger partial charge is 0.329 e. The van der Waals surface area contributed by atoms with E-state index in [0.29, 0.717) is 24.3 Å². The van der Waals surface area contributed by atoms with Gasteiger partial charge in [0.25, 0.3) is 0 Å². The highest BCUT2D eigenvalue weighted by Crippen LogP contribution is 2.24. The second-order valence-corrected chi connectivity index (χ2v) is 6.66. The predicted molar refractivity (Wildman–Crippen MR) is 92.8 cm³/mol. The first-order chi connectivity index (χ1) is 12.0. The van der Waals surface area contributed by atoms with Crippen molar-refractivity contribution in [1.82, 2.24) is 19.8 Å². The van der Waals surface area contributed by atoms with Crippen LogP contribution in [0.5, 0.6) is 0 Å². The van der Waals surface area contributed by atoms with Crippen molar-refractivity contribution >= 4 is 16.9 Å². The zero-order chi connectivity index (χ0) is 17.6. The fourth-order valence-corrected chi connectivity index (χ4v) is 3.34. The number of nitrogens with zero attached hydrogens (tertiary/aromatic N) is 2. The van der Waals surface area contributed by atoms with E-state index in [0.717, 1.165) is 24.2 Å². The molecule has 0 spiro atoms. The number of carbonyl (C=O) groups is 1. The summed E-state index contributed by atoms with van der Waals surface area (Å²) in [5, 5.41) is 15.2. The third-order valence-corrected chi connectivity index (χ3v) is 4.93. The number of hydrogen-bond donors (Lipinski definition) is 3. The van der Waals surface area contributed by atoms with Crippen LogP contribution in [0.4, 0.5) is 0 Å². The highest BCUT2D eigenvalue weighted by molar-refractivity contribution is 5.85. The van der Waals surface area contributed by atoms with Gasteiger partial charge in [0.05, 0.1) is 11.0 Å². The van der Waals surface area contributed by atoms with Gasteiger partial charge in [0.1, 0.15) is 12.3 Å². The molecule has 2 atom stereocenters. The van der Waals surface area contributed by atoms with Crippen molar-refractivity contribution in [3.05, 3.63) is 34.2 Å². The van der Waals surface area contributed by atoms with Crippen molar-refractivity contribution in [3.63, 3.8) is 0 Å². The summed E-state index contributed by atoms with van der Waals surface area (Å²) in [7, 11) is 1.70. The number of piperidine rings is 1. The molecule has 1 aromatic heterocycles. The Morgan fingerprint density at radius 1 is 1.20 bits per heavy atom. The zero-order valence-corrected chi connectivity index (χ0v) is 14.0. The minimum absolute atomic E-state index is 0.236. The molecule has 0 aliphatic carbocycles. The lowest BCUT2D eigenvalue weighted by atomic mass is 10.0. The van der Waals surface area contributed by atoms with Gasteiger partial charge in [-0.1, -0.05) is 11.8 Å². The summed E-state index contributed by atoms with van der Waals surface area (Å²) in [6, 6.07) is 5.02. The molecule has 0 bridgehead atoms. The van der Waals surface area contributed by atoms with E-state index >= 15 is 0 Å². The lowest BCUT2D eigenvalue weighted by Crippen LogP contribution is -2.46. The lowest BCUT2D eigenvalue weighted by molar-refractivity contribution is -0.130. The van der Waals surface area contributed by atoms with Crippen molar-refractivity contribution in [2.45, 2.75) is 25.1 Å². The Labute approximate surface area is 144 Å². The molecule has 7 heteroatoms. The van der Waals surface area contributed by atoms with Gasteiger partial charge in [-0.15, -0.1) is 0 Å². The van der Waals surface area contributed by atoms with Crippen LogP contribution in [-0.4, -0.2) is 39.5 Å². The van der Waals surface area contributed by atoms with Gasteiger partial charge in [-0.2, -0.15) is 0 Å². The Bertz CT molecular complexity index is 958. The van der Waals surface area contributed by atoms with Crippen molar-refractivity contribution in [2.75, 3.05) is 13.1 Å². The first kappa shape index (κ1) is 15.9. The monoisotopic (exact) mass is 340 g/mol. The third-order valence-electron chi connectivity index (χ3n) is 4.93. The molecule has 3 heterocycles. The van der Waals surface area contributed by atoms with Crippen LogP contribution >= 0.6 is 0 Å². The fraction of sp³-hybridized carbons (Fsp3) is 0.444. The van der Waals surface area contributed by atoms with E-state index in [4.69, 9.17) is 0 Å². The largest absolute Gasteiger partial charge is 0.374 e. The van der Waals surface area contributed by atoms with Crippen molar-refractivity contribution < 1.29 is 9.90 Å². The standard InChI is InChI=1S/C18H20N4O3/c1-21-15-8-11(2-3-12-9-19-10-12)4-5-13(15)22(18(21)25)14-6-7-16(23)20-17(14)24/h4-5,8,12,14,16,19,23H,6-7,9-10H2,1H3,(H,20,24). The summed E-state index contributed by atoms with van der Waals surface area (Å²) in [6.45, 7) is 1.85. The summed E-state index contributed by atoms with van der Waals surface area (Å²) in [6.07, 6.45) is 0.0257. The number of benzene rings is 1. The highest BCUT2D eigenvalue weighted by Gasteiger charge is 2.31. The van der Waals surface area contributed by atoms with Crippen LogP contribution in [0.1, 0.15) is 24.4 Å². The van der Waals surface area contributed by atoms with Gasteiger partial charge in [-0.25, -0.2) is 4.79 Å². The third kappa shape index (κ3) is 2.73. The topological polar surface area (TPSA) is 88.3 Å². The minimum atomic E-state index is -0.836. The van der Waals surface area contributed by atoms with Gasteiger partial charge < -0.3 is 15.7 Å². The van der Waals surface area contributed by atoms with E-state index in [-0.39, 0.29) is 11.6 Å². The maximum Gasteiger partial charge on any atom is 0.329 e. The van der Waals surface area contributed by atoms with E-state index < -0.39 is 12.3 Å². The number of nitrogens with one attached hydrogen (secondary N) is 2. The Balaban J connectivity index is 1.75. The van der Waals surface area contributed by atoms with Crippen LogP contribution in [0.25, 0.3) is 11.0 Å². The molecule has 1 amide bonds. The molecule has 0 radical (unpaired) electrons. The number of aryl methyl sites for hydroxylation is 1. The van der Waals surface area contributed by atoms with Crippen molar-refractivity contribution in [1.29, 1.82) is 0 Å². The Morgan fingerprint density at radius 2 is 2.00 bits per heavy atom. The summed E-state index contributed by atoms with van der Waals surface area (Å²) < 4.78 is 3.06. The summed E-state index contributed by atoms with van der Waals surface area (Å²) >= 11 is 0. The van der Waals surface area contributed by atoms with Gasteiger partial charge in [0.15, 0.2) is 0 Å². The molecule has 2 aliphatic heterocycles. The molecule has 0 saturated carbocycles. The number of amides is 1. The number of aliphatic hydroxyl groups is 1. The van der Waals surface area contributed by atoms with Crippen LogP contribution in [0, 0.1) is 17.8 Å². The Kier molecular flexibility index (Phi) is 3.86. The lowest BCUT2D eigenvalue weighted by Gasteiger charge is -2.26. The number of imidazole rings is 1. The number of aliphatic hydroxyl groups excluding tert-OH is 1. The Hall–Kier alpha value is -2.56. The van der Waals surface area contributed by atoms with E-state index in [1.54, 1.807) is 11.6 Å².